The Morgan fingerprint density at radius 2 is 1.31 bits per heavy atom. The van der Waals surface area contributed by atoms with Gasteiger partial charge in [-0.3, -0.25) is 4.21 Å². The van der Waals surface area contributed by atoms with Crippen LogP contribution in [0.15, 0.2) is 25.8 Å². The first-order valence-electron chi connectivity index (χ1n) is 5.85. The van der Waals surface area contributed by atoms with Crippen LogP contribution in [0.4, 0.5) is 0 Å². The van der Waals surface area contributed by atoms with Crippen molar-refractivity contribution in [3.8, 4) is 0 Å². The van der Waals surface area contributed by atoms with Crippen molar-refractivity contribution in [3.05, 3.63) is 25.8 Å². The average molecular weight is 994 g/mol. The number of hydrogen-bond donors (Lipinski definition) is 0. The van der Waals surface area contributed by atoms with Gasteiger partial charge in [0.2, 0.25) is 0 Å². The van der Waals surface area contributed by atoms with E-state index in [4.69, 9.17) is 0 Å². The van der Waals surface area contributed by atoms with E-state index in [1.54, 1.807) is 0 Å². The van der Waals surface area contributed by atoms with Gasteiger partial charge >= 0.3 is 173 Å². The van der Waals surface area contributed by atoms with Gasteiger partial charge in [0.1, 0.15) is 0 Å². The summed E-state index contributed by atoms with van der Waals surface area (Å²) in [6.07, 6.45) is 1.34. The average Bonchev–Trinajstić information content (AvgIpc) is 2.50. The number of rotatable bonds is 7. The molecule has 13 heteroatoms. The molecule has 0 bridgehead atoms. The van der Waals surface area contributed by atoms with Gasteiger partial charge in [0.05, 0.1) is 2.43 Å². The molecule has 0 aromatic carbocycles. The summed E-state index contributed by atoms with van der Waals surface area (Å²) in [6, 6.07) is 0. The van der Waals surface area contributed by atoms with Crippen LogP contribution in [-0.2, 0) is 22.2 Å². The van der Waals surface area contributed by atoms with Crippen molar-refractivity contribution >= 4 is 89.9 Å². The van der Waals surface area contributed by atoms with E-state index in [-0.39, 0.29) is 93.5 Å². The molecule has 0 aliphatic carbocycles. The first-order chi connectivity index (χ1) is 10.9. The molecular weight excluding hydrogens is 965 g/mol. The number of alkyl halides is 7. The Balaban J connectivity index is -0.0000000265. The molecule has 0 heterocycles. The van der Waals surface area contributed by atoms with E-state index in [2.05, 4.69) is 94.4 Å². The van der Waals surface area contributed by atoms with Crippen LogP contribution in [0, 0.1) is 0 Å². The molecule has 0 saturated heterocycles. The standard InChI is InChI=1S/C3H7I2.C3H8IO2S.C3H6O2S.C2H4.CH2I2.CH4.2Na/c1-2-5-3-4;1-2-4-3-7(5)6;1-2-3-6(4)5;1-2;2-1-3;;;/h2-3H2,1H3;2-3H2,1H3,(H,5,6);2H,1,3H2,(H,4,5);1-2H2;1H2;1H4;;/q2*-1;;;;;2*+1/p-2. The second-order valence-electron chi connectivity index (χ2n) is 2.29. The van der Waals surface area contributed by atoms with Gasteiger partial charge in [-0.25, -0.2) is 0 Å². The molecule has 2 atom stereocenters. The maximum absolute atomic E-state index is 9.79. The summed E-state index contributed by atoms with van der Waals surface area (Å²) in [4.78, 5) is 0. The molecule has 0 amide bonds. The van der Waals surface area contributed by atoms with Crippen LogP contribution in [0.3, 0.4) is 0 Å². The Bertz CT molecular complexity index is 259. The Morgan fingerprint density at radius 1 is 0.962 bits per heavy atom. The van der Waals surface area contributed by atoms with E-state index >= 15 is 0 Å². The van der Waals surface area contributed by atoms with Crippen LogP contribution in [0.1, 0.15) is 21.3 Å². The first kappa shape index (κ1) is 53.0. The zero-order chi connectivity index (χ0) is 19.5. The Hall–Kier alpha value is 5.35. The van der Waals surface area contributed by atoms with E-state index in [0.29, 0.717) is 25.0 Å². The second kappa shape index (κ2) is 63.1. The summed E-state index contributed by atoms with van der Waals surface area (Å²) in [5.74, 6) is 0.0556. The quantitative estimate of drug-likeness (QED) is 0.0837. The van der Waals surface area contributed by atoms with Crippen molar-refractivity contribution in [1.29, 1.82) is 0 Å². The molecule has 26 heavy (non-hydrogen) atoms. The summed E-state index contributed by atoms with van der Waals surface area (Å²) in [7, 11) is 0. The third-order valence-electron chi connectivity index (χ3n) is 0.870. The van der Waals surface area contributed by atoms with Crippen molar-refractivity contribution in [2.75, 3.05) is 23.2 Å². The molecule has 0 N–H and O–H groups in total. The van der Waals surface area contributed by atoms with E-state index in [9.17, 15) is 17.5 Å². The van der Waals surface area contributed by atoms with Crippen LogP contribution in [0.5, 0.6) is 0 Å². The molecule has 2 unspecified atom stereocenters. The fourth-order valence-corrected chi connectivity index (χ4v) is 6.32. The first-order valence-corrected chi connectivity index (χ1v) is 19.0. The fraction of sp³-hybridized carbons (Fsp3) is 0.692. The van der Waals surface area contributed by atoms with Gasteiger partial charge in [0, 0.05) is 5.75 Å². The SMILES string of the molecule is C.C=C.C=CCS(=O)[O-].CC[I-]CI.CC[I-]CS(=O)[O-].ICI.[Na+].[Na+]. The van der Waals surface area contributed by atoms with Gasteiger partial charge in [0.25, 0.3) is 0 Å². The molecule has 156 valence electrons. The smallest absolute Gasteiger partial charge is 0.0748 e. The molecule has 0 aliphatic heterocycles. The van der Waals surface area contributed by atoms with Crippen LogP contribution < -0.4 is 102 Å². The third-order valence-corrected chi connectivity index (χ3v) is 9.86. The minimum absolute atomic E-state index is 0. The summed E-state index contributed by atoms with van der Waals surface area (Å²) >= 11 is 3.88. The largest absolute Gasteiger partial charge is 1.00 e. The Labute approximate surface area is 273 Å². The second-order valence-corrected chi connectivity index (χ2v) is 20.0. The van der Waals surface area contributed by atoms with Crippen LogP contribution >= 0.6 is 67.8 Å². The van der Waals surface area contributed by atoms with Gasteiger partial charge in [-0.1, -0.05) is 69.8 Å². The molecule has 0 aromatic rings. The van der Waals surface area contributed by atoms with Gasteiger partial charge in [-0.15, -0.1) is 19.7 Å². The van der Waals surface area contributed by atoms with Gasteiger partial charge in [-0.05, 0) is 0 Å². The minimum atomic E-state index is -1.93. The van der Waals surface area contributed by atoms with E-state index in [0.717, 1.165) is 4.43 Å². The van der Waals surface area contributed by atoms with Crippen molar-refractivity contribution in [2.45, 2.75) is 21.3 Å². The molecule has 0 rings (SSSR count). The van der Waals surface area contributed by atoms with Crippen molar-refractivity contribution in [3.63, 3.8) is 0 Å². The molecule has 4 nitrogen and oxygen atoms in total. The Morgan fingerprint density at radius 3 is 1.35 bits per heavy atom. The predicted octanol–water partition coefficient (Wildman–Crippen LogP) is -7.27. The normalized spacial score (nSPS) is 9.65. The van der Waals surface area contributed by atoms with E-state index < -0.39 is 22.2 Å². The zero-order valence-electron chi connectivity index (χ0n) is 15.3. The number of halogens is 5. The molecule has 0 aromatic heterocycles. The topological polar surface area (TPSA) is 80.3 Å². The summed E-state index contributed by atoms with van der Waals surface area (Å²) in [5.41, 5.74) is 0. The van der Waals surface area contributed by atoms with Gasteiger partial charge in [-0.2, -0.15) is 0 Å². The number of hydrogen-bond acceptors (Lipinski definition) is 4. The molecule has 0 fully saturated rings. The molecule has 0 saturated carbocycles. The summed E-state index contributed by atoms with van der Waals surface area (Å²) < 4.78 is 44.2. The van der Waals surface area contributed by atoms with E-state index in [1.165, 1.54) is 15.4 Å². The van der Waals surface area contributed by atoms with Crippen molar-refractivity contribution < 1.29 is 119 Å². The molecule has 0 aliphatic rings. The monoisotopic (exact) mass is 994 g/mol. The maximum Gasteiger partial charge on any atom is 1.00 e. The van der Waals surface area contributed by atoms with Crippen LogP contribution in [0.2, 0.25) is 0 Å². The zero-order valence-corrected chi connectivity index (χ0v) is 31.7. The van der Waals surface area contributed by atoms with Gasteiger partial charge < -0.3 is 4.55 Å². The third kappa shape index (κ3) is 115. The maximum atomic E-state index is 9.79. The van der Waals surface area contributed by atoms with Crippen molar-refractivity contribution in [2.24, 2.45) is 0 Å². The summed E-state index contributed by atoms with van der Waals surface area (Å²) in [5, 5.41) is 0. The summed E-state index contributed by atoms with van der Waals surface area (Å²) in [6.45, 7) is 13.5. The molecular formula is C13H29I5Na2O4S2-2. The molecule has 0 spiro atoms. The van der Waals surface area contributed by atoms with E-state index in [1.807, 2.05) is 6.92 Å². The molecule has 0 radical (unpaired) electrons. The Kier molecular flexibility index (Phi) is 129. The predicted molar refractivity (Wildman–Crippen MR) is 129 cm³/mol. The fourth-order valence-electron chi connectivity index (χ4n) is 0.308. The van der Waals surface area contributed by atoms with Gasteiger partial charge in [0.15, 0.2) is 0 Å². The van der Waals surface area contributed by atoms with Crippen LogP contribution in [0.25, 0.3) is 0 Å². The van der Waals surface area contributed by atoms with Crippen LogP contribution in [-0.4, -0.2) is 40.8 Å². The minimum Gasteiger partial charge on any atom is -0.0748 e. The van der Waals surface area contributed by atoms with Crippen molar-refractivity contribution in [1.82, 2.24) is 0 Å².